The van der Waals surface area contributed by atoms with Crippen LogP contribution < -0.4 is 11.5 Å². The zero-order valence-corrected chi connectivity index (χ0v) is 7.08. The van der Waals surface area contributed by atoms with Crippen LogP contribution in [0, 0.1) is 0 Å². The van der Waals surface area contributed by atoms with Gasteiger partial charge in [0.25, 0.3) is 0 Å². The van der Waals surface area contributed by atoms with Gasteiger partial charge in [-0.05, 0) is 6.92 Å². The molecule has 4 heteroatoms. The molecule has 0 saturated heterocycles. The second-order valence-corrected chi connectivity index (χ2v) is 2.33. The van der Waals surface area contributed by atoms with Gasteiger partial charge in [-0.25, -0.2) is 0 Å². The lowest BCUT2D eigenvalue weighted by Crippen LogP contribution is -2.21. The molecule has 0 aliphatic carbocycles. The smallest absolute Gasteiger partial charge is 0.0781 e. The number of nitrogens with two attached hydrogens (primary N) is 2. The van der Waals surface area contributed by atoms with Gasteiger partial charge in [-0.2, -0.15) is 0 Å². The van der Waals surface area contributed by atoms with Crippen LogP contribution in [0.2, 0.25) is 0 Å². The van der Waals surface area contributed by atoms with Gasteiger partial charge in [0.15, 0.2) is 0 Å². The van der Waals surface area contributed by atoms with E-state index in [1.54, 1.807) is 0 Å². The minimum absolute atomic E-state index is 0.116. The monoisotopic (exact) mass is 162 g/mol. The van der Waals surface area contributed by atoms with Gasteiger partial charge in [-0.15, -0.1) is 0 Å². The largest absolute Gasteiger partial charge is 0.377 e. The molecule has 4 nitrogen and oxygen atoms in total. The fraction of sp³-hybridized carbons (Fsp3) is 1.00. The molecule has 4 N–H and O–H groups in total. The van der Waals surface area contributed by atoms with Crippen LogP contribution in [0.3, 0.4) is 0 Å². The highest BCUT2D eigenvalue weighted by Crippen LogP contribution is 1.90. The van der Waals surface area contributed by atoms with Crippen molar-refractivity contribution in [3.05, 3.63) is 0 Å². The number of ether oxygens (including phenoxy) is 2. The first kappa shape index (κ1) is 10.8. The fourth-order valence-corrected chi connectivity index (χ4v) is 0.650. The van der Waals surface area contributed by atoms with Gasteiger partial charge in [-0.3, -0.25) is 0 Å². The maximum absolute atomic E-state index is 5.25. The van der Waals surface area contributed by atoms with E-state index >= 15 is 0 Å². The maximum atomic E-state index is 5.25. The third-order valence-corrected chi connectivity index (χ3v) is 1.13. The van der Waals surface area contributed by atoms with E-state index in [4.69, 9.17) is 20.9 Å². The molecular formula is C7H18N2O2. The molecule has 0 aromatic rings. The second-order valence-electron chi connectivity index (χ2n) is 2.33. The molecule has 0 bridgehead atoms. The van der Waals surface area contributed by atoms with Crippen LogP contribution >= 0.6 is 0 Å². The minimum Gasteiger partial charge on any atom is -0.377 e. The van der Waals surface area contributed by atoms with Gasteiger partial charge < -0.3 is 20.9 Å². The highest BCUT2D eigenvalue weighted by molar-refractivity contribution is 4.47. The van der Waals surface area contributed by atoms with E-state index in [0.717, 1.165) is 0 Å². The second kappa shape index (κ2) is 7.94. The molecule has 0 aromatic heterocycles. The molecular weight excluding hydrogens is 144 g/mol. The molecule has 0 saturated carbocycles. The molecule has 0 aliphatic heterocycles. The summed E-state index contributed by atoms with van der Waals surface area (Å²) >= 11 is 0. The van der Waals surface area contributed by atoms with Crippen molar-refractivity contribution >= 4 is 0 Å². The van der Waals surface area contributed by atoms with Crippen molar-refractivity contribution < 1.29 is 9.47 Å². The van der Waals surface area contributed by atoms with E-state index in [-0.39, 0.29) is 6.10 Å². The Kier molecular flexibility index (Phi) is 7.83. The summed E-state index contributed by atoms with van der Waals surface area (Å²) in [6.45, 7) is 4.84. The molecule has 0 radical (unpaired) electrons. The Balaban J connectivity index is 3.02. The Hall–Kier alpha value is -0.160. The Morgan fingerprint density at radius 1 is 1.18 bits per heavy atom. The van der Waals surface area contributed by atoms with Gasteiger partial charge in [0, 0.05) is 13.1 Å². The topological polar surface area (TPSA) is 70.5 Å². The van der Waals surface area contributed by atoms with Crippen LogP contribution in [-0.2, 0) is 9.47 Å². The zero-order chi connectivity index (χ0) is 8.53. The summed E-state index contributed by atoms with van der Waals surface area (Å²) in [5, 5.41) is 0. The lowest BCUT2D eigenvalue weighted by atomic mass is 10.4. The molecule has 0 rings (SSSR count). The molecule has 0 fully saturated rings. The SMILES string of the molecule is C[C@H](COCCN)OCCN. The summed E-state index contributed by atoms with van der Waals surface area (Å²) in [4.78, 5) is 0. The van der Waals surface area contributed by atoms with Crippen molar-refractivity contribution in [2.45, 2.75) is 13.0 Å². The average molecular weight is 162 g/mol. The average Bonchev–Trinajstić information content (AvgIpc) is 2.01. The molecule has 0 aliphatic rings. The number of hydrogen-bond donors (Lipinski definition) is 2. The third kappa shape index (κ3) is 7.74. The van der Waals surface area contributed by atoms with Crippen LogP contribution in [-0.4, -0.2) is 39.0 Å². The predicted octanol–water partition coefficient (Wildman–Crippen LogP) is -0.674. The van der Waals surface area contributed by atoms with Crippen LogP contribution in [0.1, 0.15) is 6.92 Å². The van der Waals surface area contributed by atoms with Crippen LogP contribution in [0.15, 0.2) is 0 Å². The summed E-state index contributed by atoms with van der Waals surface area (Å²) < 4.78 is 10.4. The highest BCUT2D eigenvalue weighted by Gasteiger charge is 1.99. The quantitative estimate of drug-likeness (QED) is 0.487. The Labute approximate surface area is 67.8 Å². The van der Waals surface area contributed by atoms with Crippen molar-refractivity contribution in [3.63, 3.8) is 0 Å². The Morgan fingerprint density at radius 3 is 2.36 bits per heavy atom. The standard InChI is InChI=1S/C7H18N2O2/c1-7(11-5-3-9)6-10-4-2-8/h7H,2-6,8-9H2,1H3/t7-/m1/s1. The molecule has 1 atom stereocenters. The zero-order valence-electron chi connectivity index (χ0n) is 7.08. The molecule has 0 amide bonds. The first-order valence-corrected chi connectivity index (χ1v) is 3.90. The summed E-state index contributed by atoms with van der Waals surface area (Å²) in [7, 11) is 0. The van der Waals surface area contributed by atoms with Crippen LogP contribution in [0.25, 0.3) is 0 Å². The fourth-order valence-electron chi connectivity index (χ4n) is 0.650. The maximum Gasteiger partial charge on any atom is 0.0781 e. The van der Waals surface area contributed by atoms with Gasteiger partial charge >= 0.3 is 0 Å². The summed E-state index contributed by atoms with van der Waals surface area (Å²) in [6, 6.07) is 0. The van der Waals surface area contributed by atoms with Gasteiger partial charge in [0.2, 0.25) is 0 Å². The molecule has 0 spiro atoms. The minimum atomic E-state index is 0.116. The third-order valence-electron chi connectivity index (χ3n) is 1.13. The van der Waals surface area contributed by atoms with Crippen molar-refractivity contribution in [2.24, 2.45) is 11.5 Å². The van der Waals surface area contributed by atoms with E-state index < -0.39 is 0 Å². The van der Waals surface area contributed by atoms with Gasteiger partial charge in [-0.1, -0.05) is 0 Å². The van der Waals surface area contributed by atoms with E-state index in [9.17, 15) is 0 Å². The first-order chi connectivity index (χ1) is 5.31. The summed E-state index contributed by atoms with van der Waals surface area (Å²) in [5.41, 5.74) is 10.5. The summed E-state index contributed by atoms with van der Waals surface area (Å²) in [6.07, 6.45) is 0.116. The molecule has 0 aromatic carbocycles. The van der Waals surface area contributed by atoms with Crippen LogP contribution in [0.4, 0.5) is 0 Å². The lowest BCUT2D eigenvalue weighted by molar-refractivity contribution is -0.00143. The number of hydrogen-bond acceptors (Lipinski definition) is 4. The highest BCUT2D eigenvalue weighted by atomic mass is 16.5. The van der Waals surface area contributed by atoms with E-state index in [0.29, 0.717) is 32.9 Å². The Morgan fingerprint density at radius 2 is 1.82 bits per heavy atom. The van der Waals surface area contributed by atoms with Crippen molar-refractivity contribution in [3.8, 4) is 0 Å². The molecule has 0 heterocycles. The van der Waals surface area contributed by atoms with Crippen molar-refractivity contribution in [1.29, 1.82) is 0 Å². The Bertz CT molecular complexity index is 80.8. The first-order valence-electron chi connectivity index (χ1n) is 3.90. The van der Waals surface area contributed by atoms with Gasteiger partial charge in [0.05, 0.1) is 25.9 Å². The number of rotatable bonds is 7. The molecule has 0 unspecified atom stereocenters. The normalized spacial score (nSPS) is 13.4. The lowest BCUT2D eigenvalue weighted by Gasteiger charge is -2.11. The van der Waals surface area contributed by atoms with Crippen LogP contribution in [0.5, 0.6) is 0 Å². The van der Waals surface area contributed by atoms with Gasteiger partial charge in [0.1, 0.15) is 0 Å². The van der Waals surface area contributed by atoms with E-state index in [1.165, 1.54) is 0 Å². The molecule has 11 heavy (non-hydrogen) atoms. The predicted molar refractivity (Wildman–Crippen MR) is 44.3 cm³/mol. The van der Waals surface area contributed by atoms with Crippen molar-refractivity contribution in [1.82, 2.24) is 0 Å². The van der Waals surface area contributed by atoms with E-state index in [2.05, 4.69) is 0 Å². The molecule has 68 valence electrons. The van der Waals surface area contributed by atoms with E-state index in [1.807, 2.05) is 6.92 Å². The summed E-state index contributed by atoms with van der Waals surface area (Å²) in [5.74, 6) is 0. The van der Waals surface area contributed by atoms with Crippen molar-refractivity contribution in [2.75, 3.05) is 32.9 Å².